The van der Waals surface area contributed by atoms with Crippen LogP contribution in [0.3, 0.4) is 0 Å². The molecule has 2 aliphatic rings. The molecule has 0 radical (unpaired) electrons. The average Bonchev–Trinajstić information content (AvgIpc) is 1.24. The number of aliphatic hydroxyl groups is 8. The van der Waals surface area contributed by atoms with Crippen molar-refractivity contribution in [1.29, 1.82) is 0 Å². The van der Waals surface area contributed by atoms with E-state index in [9.17, 15) is 45.6 Å². The van der Waals surface area contributed by atoms with Gasteiger partial charge < -0.3 is 65.1 Å². The number of carbonyl (C=O) groups is 1. The van der Waals surface area contributed by atoms with Crippen molar-refractivity contribution < 1.29 is 64.6 Å². The molecule has 9 N–H and O–H groups in total. The standard InChI is InChI=1S/C77H125NO13/c1-3-5-7-9-11-13-15-17-19-21-22-23-24-25-26-27-28-29-30-31-32-33-34-35-36-37-38-39-40-41-42-43-44-45-47-49-51-53-55-57-59-61-69(82)78-65(66(81)60-58-56-54-52-50-48-46-20-18-16-14-12-10-8-6-4-2)64-88-76-74(87)72(85)75(68(63-80)90-76)91-77-73(86)71(84)70(83)67(62-79)89-77/h5,7,11,13,17,19,22-23,25-26,28-29,31-32,34-35,37-38,40-41,43-44,50,52,58,60,65-68,70-77,79-81,83-87H,3-4,6,8-10,12,14-16,18,20-21,24,27,30,33,36,39,42,45-49,51,53-57,59,61-64H2,1-2H3,(H,78,82)/b7-5-,13-11-,19-17-,23-22-,26-25-,29-28-,32-31-,35-34-,38-37-,41-40-,44-43-,52-50+,60-58+. The van der Waals surface area contributed by atoms with E-state index in [-0.39, 0.29) is 18.9 Å². The van der Waals surface area contributed by atoms with Crippen molar-refractivity contribution in [2.75, 3.05) is 19.8 Å². The maximum absolute atomic E-state index is 13.3. The van der Waals surface area contributed by atoms with Gasteiger partial charge in [-0.3, -0.25) is 4.79 Å². The Bertz CT molecular complexity index is 2140. The number of allylic oxidation sites excluding steroid dienone is 25. The lowest BCUT2D eigenvalue weighted by molar-refractivity contribution is -0.359. The normalized spacial score (nSPS) is 23.8. The van der Waals surface area contributed by atoms with Gasteiger partial charge in [0.05, 0.1) is 32.0 Å². The van der Waals surface area contributed by atoms with Crippen LogP contribution >= 0.6 is 0 Å². The van der Waals surface area contributed by atoms with E-state index in [1.54, 1.807) is 6.08 Å². The smallest absolute Gasteiger partial charge is 0.220 e. The molecule has 14 nitrogen and oxygen atoms in total. The third-order valence-electron chi connectivity index (χ3n) is 15.9. The first-order chi connectivity index (χ1) is 44.6. The third kappa shape index (κ3) is 43.3. The zero-order valence-electron chi connectivity index (χ0n) is 56.0. The first kappa shape index (κ1) is 82.7. The summed E-state index contributed by atoms with van der Waals surface area (Å²) < 4.78 is 22.8. The topological polar surface area (TPSA) is 228 Å². The summed E-state index contributed by atoms with van der Waals surface area (Å²) in [6, 6.07) is -0.949. The highest BCUT2D eigenvalue weighted by Crippen LogP contribution is 2.30. The van der Waals surface area contributed by atoms with Gasteiger partial charge in [-0.1, -0.05) is 262 Å². The maximum Gasteiger partial charge on any atom is 0.220 e. The second-order valence-corrected chi connectivity index (χ2v) is 23.9. The van der Waals surface area contributed by atoms with Crippen LogP contribution in [0.25, 0.3) is 0 Å². The summed E-state index contributed by atoms with van der Waals surface area (Å²) in [7, 11) is 0. The Morgan fingerprint density at radius 1 is 0.407 bits per heavy atom. The van der Waals surface area contributed by atoms with Crippen molar-refractivity contribution in [3.05, 3.63) is 158 Å². The van der Waals surface area contributed by atoms with Gasteiger partial charge in [0.1, 0.15) is 48.8 Å². The number of aliphatic hydroxyl groups excluding tert-OH is 8. The van der Waals surface area contributed by atoms with Crippen LogP contribution in [-0.2, 0) is 23.7 Å². The van der Waals surface area contributed by atoms with Gasteiger partial charge in [-0.2, -0.15) is 0 Å². The van der Waals surface area contributed by atoms with Gasteiger partial charge in [-0.25, -0.2) is 0 Å². The van der Waals surface area contributed by atoms with Crippen molar-refractivity contribution in [1.82, 2.24) is 5.32 Å². The minimum Gasteiger partial charge on any atom is -0.394 e. The highest BCUT2D eigenvalue weighted by molar-refractivity contribution is 5.76. The van der Waals surface area contributed by atoms with Crippen LogP contribution in [-0.4, -0.2) is 140 Å². The van der Waals surface area contributed by atoms with Crippen molar-refractivity contribution in [3.63, 3.8) is 0 Å². The van der Waals surface area contributed by atoms with E-state index in [2.05, 4.69) is 165 Å². The number of carbonyl (C=O) groups excluding carboxylic acids is 1. The Labute approximate surface area is 550 Å². The molecule has 12 unspecified atom stereocenters. The monoisotopic (exact) mass is 1270 g/mol. The van der Waals surface area contributed by atoms with E-state index in [0.717, 1.165) is 128 Å². The zero-order chi connectivity index (χ0) is 65.9. The highest BCUT2D eigenvalue weighted by Gasteiger charge is 2.51. The lowest BCUT2D eigenvalue weighted by atomic mass is 9.97. The predicted octanol–water partition coefficient (Wildman–Crippen LogP) is 14.6. The first-order valence-corrected chi connectivity index (χ1v) is 35.2. The lowest BCUT2D eigenvalue weighted by Crippen LogP contribution is -2.65. The molecule has 2 aliphatic heterocycles. The van der Waals surface area contributed by atoms with Crippen LogP contribution < -0.4 is 5.32 Å². The van der Waals surface area contributed by atoms with E-state index >= 15 is 0 Å². The molecule has 0 bridgehead atoms. The number of hydrogen-bond acceptors (Lipinski definition) is 13. The molecule has 1 amide bonds. The van der Waals surface area contributed by atoms with Gasteiger partial charge in [-0.05, 0) is 116 Å². The molecular weight excluding hydrogens is 1150 g/mol. The molecule has 2 saturated heterocycles. The number of amides is 1. The van der Waals surface area contributed by atoms with Crippen LogP contribution in [0.2, 0.25) is 0 Å². The number of nitrogens with one attached hydrogen (secondary N) is 1. The van der Waals surface area contributed by atoms with Crippen LogP contribution in [0, 0.1) is 0 Å². The van der Waals surface area contributed by atoms with E-state index < -0.39 is 86.8 Å². The number of rotatable bonds is 55. The fraction of sp³-hybridized carbons (Fsp3) is 0.649. The van der Waals surface area contributed by atoms with Gasteiger partial charge in [-0.15, -0.1) is 0 Å². The molecule has 516 valence electrons. The molecule has 0 aromatic rings. The molecule has 91 heavy (non-hydrogen) atoms. The average molecular weight is 1270 g/mol. The van der Waals surface area contributed by atoms with Crippen molar-refractivity contribution >= 4 is 5.91 Å². The Hall–Kier alpha value is -4.39. The molecule has 2 rings (SSSR count). The van der Waals surface area contributed by atoms with Crippen LogP contribution in [0.15, 0.2) is 158 Å². The fourth-order valence-corrected chi connectivity index (χ4v) is 10.4. The fourth-order valence-electron chi connectivity index (χ4n) is 10.4. The molecule has 12 atom stereocenters. The van der Waals surface area contributed by atoms with Gasteiger partial charge in [0.2, 0.25) is 5.91 Å². The maximum atomic E-state index is 13.3. The molecule has 2 heterocycles. The summed E-state index contributed by atoms with van der Waals surface area (Å²) in [5.74, 6) is -0.267. The summed E-state index contributed by atoms with van der Waals surface area (Å²) >= 11 is 0. The van der Waals surface area contributed by atoms with Gasteiger partial charge in [0.25, 0.3) is 0 Å². The summed E-state index contributed by atoms with van der Waals surface area (Å²) in [6.45, 7) is 2.64. The number of unbranched alkanes of at least 4 members (excludes halogenated alkanes) is 18. The Morgan fingerprint density at radius 3 is 1.21 bits per heavy atom. The SMILES string of the molecule is CC/C=C\C/C=C\C/C=C\C/C=C\C/C=C\C/C=C\C/C=C\C/C=C\C/C=C\C/C=C\C/C=C\CCCCCCCCCC(=O)NC(COC1OC(CO)C(OC2OC(CO)C(O)C(O)C2O)C(O)C1O)C(O)/C=C/CC/C=C/CCCCCCCCCCCC. The summed E-state index contributed by atoms with van der Waals surface area (Å²) in [5, 5.41) is 87.3. The molecule has 0 aliphatic carbocycles. The second kappa shape index (κ2) is 59.4. The molecule has 0 saturated carbocycles. The summed E-state index contributed by atoms with van der Waals surface area (Å²) in [5.41, 5.74) is 0. The predicted molar refractivity (Wildman–Crippen MR) is 373 cm³/mol. The van der Waals surface area contributed by atoms with Gasteiger partial charge in [0.15, 0.2) is 12.6 Å². The molecule has 2 fully saturated rings. The van der Waals surface area contributed by atoms with Crippen molar-refractivity contribution in [2.24, 2.45) is 0 Å². The molecule has 14 heteroatoms. The third-order valence-corrected chi connectivity index (χ3v) is 15.9. The highest BCUT2D eigenvalue weighted by atomic mass is 16.7. The quantitative estimate of drug-likeness (QED) is 0.0204. The van der Waals surface area contributed by atoms with E-state index in [0.29, 0.717) is 12.8 Å². The van der Waals surface area contributed by atoms with E-state index in [1.165, 1.54) is 64.2 Å². The minimum absolute atomic E-state index is 0.250. The second-order valence-electron chi connectivity index (χ2n) is 23.9. The Kier molecular flexibility index (Phi) is 53.9. The largest absolute Gasteiger partial charge is 0.394 e. The number of ether oxygens (including phenoxy) is 4. The van der Waals surface area contributed by atoms with Crippen LogP contribution in [0.4, 0.5) is 0 Å². The van der Waals surface area contributed by atoms with E-state index in [1.807, 2.05) is 6.08 Å². The lowest BCUT2D eigenvalue weighted by Gasteiger charge is -2.46. The molecule has 0 aromatic heterocycles. The van der Waals surface area contributed by atoms with Gasteiger partial charge >= 0.3 is 0 Å². The number of hydrogen-bond donors (Lipinski definition) is 9. The summed E-state index contributed by atoms with van der Waals surface area (Å²) in [4.78, 5) is 13.3. The molecule has 0 spiro atoms. The zero-order valence-corrected chi connectivity index (χ0v) is 56.0. The van der Waals surface area contributed by atoms with Crippen LogP contribution in [0.1, 0.15) is 226 Å². The van der Waals surface area contributed by atoms with Crippen LogP contribution in [0.5, 0.6) is 0 Å². The summed E-state index contributed by atoms with van der Waals surface area (Å²) in [6.07, 6.45) is 74.4. The molecular formula is C77H125NO13. The minimum atomic E-state index is -1.80. The Balaban J connectivity index is 1.65. The van der Waals surface area contributed by atoms with Gasteiger partial charge in [0, 0.05) is 6.42 Å². The van der Waals surface area contributed by atoms with Crippen molar-refractivity contribution in [3.8, 4) is 0 Å². The van der Waals surface area contributed by atoms with E-state index in [4.69, 9.17) is 18.9 Å². The molecule has 0 aromatic carbocycles. The first-order valence-electron chi connectivity index (χ1n) is 35.2. The Morgan fingerprint density at radius 2 is 0.769 bits per heavy atom. The van der Waals surface area contributed by atoms with Crippen molar-refractivity contribution in [2.45, 2.75) is 299 Å².